The first-order valence-corrected chi connectivity index (χ1v) is 8.57. The molecular weight excluding hydrogens is 363 g/mol. The van der Waals surface area contributed by atoms with Crippen LogP contribution in [0.3, 0.4) is 0 Å². The van der Waals surface area contributed by atoms with Gasteiger partial charge in [-0.2, -0.15) is 18.2 Å². The second kappa shape index (κ2) is 8.51. The molecule has 6 nitrogen and oxygen atoms in total. The molecule has 1 heterocycles. The third kappa shape index (κ3) is 4.85. The monoisotopic (exact) mass is 385 g/mol. The Morgan fingerprint density at radius 3 is 2.37 bits per heavy atom. The number of hydroxylamine groups is 2. The van der Waals surface area contributed by atoms with Crippen molar-refractivity contribution in [1.29, 1.82) is 0 Å². The maximum Gasteiger partial charge on any atom is 0.471 e. The Hall–Kier alpha value is -2.42. The van der Waals surface area contributed by atoms with Crippen LogP contribution in [0.25, 0.3) is 11.4 Å². The molecule has 0 aliphatic heterocycles. The number of hydrogen-bond acceptors (Lipinski definition) is 5. The van der Waals surface area contributed by atoms with Crippen molar-refractivity contribution >= 4 is 5.91 Å². The molecule has 2 atom stereocenters. The fraction of sp³-hybridized carbons (Fsp3) is 0.500. The molecule has 2 aromatic rings. The van der Waals surface area contributed by atoms with E-state index in [1.165, 1.54) is 12.2 Å². The van der Waals surface area contributed by atoms with E-state index in [1.807, 2.05) is 20.8 Å². The van der Waals surface area contributed by atoms with Gasteiger partial charge in [0.05, 0.1) is 13.2 Å². The van der Waals surface area contributed by atoms with E-state index in [-0.39, 0.29) is 23.7 Å². The van der Waals surface area contributed by atoms with Crippen molar-refractivity contribution in [3.63, 3.8) is 0 Å². The van der Waals surface area contributed by atoms with Crippen LogP contribution in [0.4, 0.5) is 13.2 Å². The second-order valence-corrected chi connectivity index (χ2v) is 6.26. The van der Waals surface area contributed by atoms with Crippen molar-refractivity contribution in [3.8, 4) is 11.4 Å². The average molecular weight is 385 g/mol. The fourth-order valence-corrected chi connectivity index (χ4v) is 2.71. The van der Waals surface area contributed by atoms with Crippen LogP contribution in [0, 0.1) is 5.92 Å². The molecule has 0 N–H and O–H groups in total. The lowest BCUT2D eigenvalue weighted by Crippen LogP contribution is -2.36. The Morgan fingerprint density at radius 1 is 1.26 bits per heavy atom. The summed E-state index contributed by atoms with van der Waals surface area (Å²) in [5.74, 6) is -1.84. The normalized spacial score (nSPS) is 14.0. The highest BCUT2D eigenvalue weighted by molar-refractivity contribution is 5.78. The third-order valence-corrected chi connectivity index (χ3v) is 4.23. The van der Waals surface area contributed by atoms with Crippen LogP contribution in [0.15, 0.2) is 28.8 Å². The summed E-state index contributed by atoms with van der Waals surface area (Å²) in [5.41, 5.74) is 1.14. The molecule has 0 spiro atoms. The Morgan fingerprint density at radius 2 is 1.89 bits per heavy atom. The van der Waals surface area contributed by atoms with Gasteiger partial charge in [-0.25, -0.2) is 5.06 Å². The van der Waals surface area contributed by atoms with Gasteiger partial charge in [0.25, 0.3) is 0 Å². The van der Waals surface area contributed by atoms with E-state index in [2.05, 4.69) is 14.7 Å². The number of benzene rings is 1. The van der Waals surface area contributed by atoms with Crippen molar-refractivity contribution in [2.45, 2.75) is 45.8 Å². The molecule has 1 amide bonds. The van der Waals surface area contributed by atoms with E-state index < -0.39 is 12.1 Å². The standard InChI is InChI=1S/C18H22F3N3O3/c1-5-6-11(2)16(25)24(26-4)12(3)13-7-9-14(10-8-13)15-22-17(27-23-15)18(19,20)21/h7-12H,5-6H2,1-4H3. The molecule has 0 saturated heterocycles. The van der Waals surface area contributed by atoms with Crippen LogP contribution >= 0.6 is 0 Å². The predicted octanol–water partition coefficient (Wildman–Crippen LogP) is 4.64. The Balaban J connectivity index is 2.18. The molecule has 148 valence electrons. The Bertz CT molecular complexity index is 759. The zero-order chi connectivity index (χ0) is 20.2. The summed E-state index contributed by atoms with van der Waals surface area (Å²) < 4.78 is 41.9. The smallest absolute Gasteiger partial charge is 0.329 e. The molecule has 0 saturated carbocycles. The number of nitrogens with zero attached hydrogens (tertiary/aromatic N) is 3. The van der Waals surface area contributed by atoms with Crippen LogP contribution in [0.5, 0.6) is 0 Å². The average Bonchev–Trinajstić information content (AvgIpc) is 3.13. The Kier molecular flexibility index (Phi) is 6.59. The number of rotatable bonds is 7. The van der Waals surface area contributed by atoms with Gasteiger partial charge in [-0.15, -0.1) is 0 Å². The molecule has 9 heteroatoms. The number of hydrogen-bond donors (Lipinski definition) is 0. The third-order valence-electron chi connectivity index (χ3n) is 4.23. The second-order valence-electron chi connectivity index (χ2n) is 6.26. The maximum absolute atomic E-state index is 12.6. The molecule has 0 radical (unpaired) electrons. The number of aromatic nitrogens is 2. The highest BCUT2D eigenvalue weighted by Gasteiger charge is 2.38. The van der Waals surface area contributed by atoms with Crippen LogP contribution < -0.4 is 0 Å². The van der Waals surface area contributed by atoms with E-state index in [1.54, 1.807) is 24.3 Å². The largest absolute Gasteiger partial charge is 0.471 e. The highest BCUT2D eigenvalue weighted by Crippen LogP contribution is 2.30. The molecule has 0 aliphatic carbocycles. The minimum atomic E-state index is -4.69. The van der Waals surface area contributed by atoms with E-state index in [9.17, 15) is 18.0 Å². The van der Waals surface area contributed by atoms with Crippen LogP contribution in [-0.4, -0.2) is 28.2 Å². The topological polar surface area (TPSA) is 68.5 Å². The molecule has 1 aromatic carbocycles. The van der Waals surface area contributed by atoms with Gasteiger partial charge in [-0.1, -0.05) is 49.7 Å². The highest BCUT2D eigenvalue weighted by atomic mass is 19.4. The van der Waals surface area contributed by atoms with Gasteiger partial charge < -0.3 is 4.52 Å². The number of carbonyl (C=O) groups is 1. The molecule has 1 aromatic heterocycles. The molecular formula is C18H22F3N3O3. The van der Waals surface area contributed by atoms with E-state index >= 15 is 0 Å². The van der Waals surface area contributed by atoms with E-state index in [4.69, 9.17) is 4.84 Å². The van der Waals surface area contributed by atoms with Crippen LogP contribution in [-0.2, 0) is 15.8 Å². The number of halogens is 3. The van der Waals surface area contributed by atoms with Gasteiger partial charge in [-0.3, -0.25) is 9.63 Å². The Labute approximate surface area is 155 Å². The van der Waals surface area contributed by atoms with Gasteiger partial charge in [-0.05, 0) is 18.9 Å². The number of carbonyl (C=O) groups excluding carboxylic acids is 1. The first-order chi connectivity index (χ1) is 12.7. The molecule has 2 unspecified atom stereocenters. The lowest BCUT2D eigenvalue weighted by Gasteiger charge is -2.29. The molecule has 0 aliphatic rings. The predicted molar refractivity (Wildman–Crippen MR) is 91.1 cm³/mol. The lowest BCUT2D eigenvalue weighted by molar-refractivity contribution is -0.192. The summed E-state index contributed by atoms with van der Waals surface area (Å²) in [6, 6.07) is 6.16. The summed E-state index contributed by atoms with van der Waals surface area (Å²) in [6.07, 6.45) is -3.05. The zero-order valence-corrected chi connectivity index (χ0v) is 15.6. The zero-order valence-electron chi connectivity index (χ0n) is 15.6. The quantitative estimate of drug-likeness (QED) is 0.650. The summed E-state index contributed by atoms with van der Waals surface area (Å²) in [6.45, 7) is 5.67. The summed E-state index contributed by atoms with van der Waals surface area (Å²) in [7, 11) is 1.43. The van der Waals surface area contributed by atoms with Gasteiger partial charge in [0.1, 0.15) is 0 Å². The van der Waals surface area contributed by atoms with Crippen LogP contribution in [0.2, 0.25) is 0 Å². The molecule has 27 heavy (non-hydrogen) atoms. The SMILES string of the molecule is CCCC(C)C(=O)N(OC)C(C)c1ccc(-c2noc(C(F)(F)F)n2)cc1. The van der Waals surface area contributed by atoms with Crippen molar-refractivity contribution in [2.24, 2.45) is 5.92 Å². The summed E-state index contributed by atoms with van der Waals surface area (Å²) in [5, 5.41) is 4.67. The van der Waals surface area contributed by atoms with Gasteiger partial charge in [0.15, 0.2) is 0 Å². The molecule has 0 bridgehead atoms. The first-order valence-electron chi connectivity index (χ1n) is 8.57. The van der Waals surface area contributed by atoms with Gasteiger partial charge in [0, 0.05) is 11.5 Å². The van der Waals surface area contributed by atoms with Crippen LogP contribution in [0.1, 0.15) is 51.1 Å². The maximum atomic E-state index is 12.6. The van der Waals surface area contributed by atoms with E-state index in [0.29, 0.717) is 5.56 Å². The van der Waals surface area contributed by atoms with Crippen molar-refractivity contribution in [3.05, 3.63) is 35.7 Å². The molecule has 0 fully saturated rings. The number of alkyl halides is 3. The first kappa shape index (κ1) is 20.9. The summed E-state index contributed by atoms with van der Waals surface area (Å²) in [4.78, 5) is 21.2. The minimum Gasteiger partial charge on any atom is -0.329 e. The van der Waals surface area contributed by atoms with Gasteiger partial charge in [0.2, 0.25) is 11.7 Å². The van der Waals surface area contributed by atoms with Crippen molar-refractivity contribution in [1.82, 2.24) is 15.2 Å². The molecule has 2 rings (SSSR count). The van der Waals surface area contributed by atoms with E-state index in [0.717, 1.165) is 18.4 Å². The lowest BCUT2D eigenvalue weighted by atomic mass is 10.0. The fourth-order valence-electron chi connectivity index (χ4n) is 2.71. The number of amides is 1. The van der Waals surface area contributed by atoms with Crippen molar-refractivity contribution in [2.75, 3.05) is 7.11 Å². The van der Waals surface area contributed by atoms with Crippen molar-refractivity contribution < 1.29 is 27.3 Å². The van der Waals surface area contributed by atoms with Gasteiger partial charge >= 0.3 is 12.1 Å². The minimum absolute atomic E-state index is 0.121. The summed E-state index contributed by atoms with van der Waals surface area (Å²) >= 11 is 0.